The molecule has 2 nitrogen and oxygen atoms in total. The Balaban J connectivity index is 2.73. The first-order chi connectivity index (χ1) is 7.08. The summed E-state index contributed by atoms with van der Waals surface area (Å²) in [4.78, 5) is 10.3. The molecule has 0 unspecified atom stereocenters. The second kappa shape index (κ2) is 5.37. The Morgan fingerprint density at radius 3 is 2.47 bits per heavy atom. The van der Waals surface area contributed by atoms with Crippen molar-refractivity contribution in [1.29, 1.82) is 0 Å². The number of rotatable bonds is 3. The third kappa shape index (κ3) is 4.47. The van der Waals surface area contributed by atoms with Crippen molar-refractivity contribution in [3.63, 3.8) is 0 Å². The Morgan fingerprint density at radius 1 is 1.33 bits per heavy atom. The van der Waals surface area contributed by atoms with Gasteiger partial charge in [0.1, 0.15) is 0 Å². The second-order valence-corrected chi connectivity index (χ2v) is 3.55. The average Bonchev–Trinajstić information content (AvgIpc) is 2.16. The van der Waals surface area contributed by atoms with Crippen LogP contribution in [0.2, 0.25) is 5.02 Å². The molecule has 15 heavy (non-hydrogen) atoms. The molecule has 0 aliphatic carbocycles. The van der Waals surface area contributed by atoms with Crippen molar-refractivity contribution in [2.24, 2.45) is 0 Å². The van der Waals surface area contributed by atoms with Gasteiger partial charge >= 0.3 is 5.97 Å². The normalized spacial score (nSPS) is 12.0. The topological polar surface area (TPSA) is 37.3 Å². The molecular weight excluding hydrogens is 212 g/mol. The molecule has 78 valence electrons. The molecule has 0 aliphatic rings. The van der Waals surface area contributed by atoms with Gasteiger partial charge in [-0.15, -0.1) is 0 Å². The highest BCUT2D eigenvalue weighted by Gasteiger charge is 1.90. The van der Waals surface area contributed by atoms with Crippen LogP contribution in [0.25, 0.3) is 6.08 Å². The number of hydrogen-bond donors (Lipinski definition) is 1. The predicted molar refractivity (Wildman–Crippen MR) is 61.9 cm³/mol. The minimum atomic E-state index is -0.937. The summed E-state index contributed by atoms with van der Waals surface area (Å²) in [6, 6.07) is 7.31. The number of allylic oxidation sites excluding steroid dienone is 2. The highest BCUT2D eigenvalue weighted by molar-refractivity contribution is 6.30. The van der Waals surface area contributed by atoms with Gasteiger partial charge in [-0.1, -0.05) is 35.9 Å². The summed E-state index contributed by atoms with van der Waals surface area (Å²) in [5.41, 5.74) is 1.68. The molecule has 0 aromatic heterocycles. The van der Waals surface area contributed by atoms with Gasteiger partial charge in [0.25, 0.3) is 0 Å². The van der Waals surface area contributed by atoms with Gasteiger partial charge in [-0.05, 0) is 30.2 Å². The van der Waals surface area contributed by atoms with Crippen LogP contribution in [0.1, 0.15) is 12.5 Å². The number of carboxylic acid groups (broad SMARTS) is 1. The molecule has 0 saturated heterocycles. The van der Waals surface area contributed by atoms with E-state index in [2.05, 4.69) is 0 Å². The van der Waals surface area contributed by atoms with Crippen molar-refractivity contribution >= 4 is 23.6 Å². The van der Waals surface area contributed by atoms with Gasteiger partial charge in [-0.3, -0.25) is 0 Å². The molecule has 0 heterocycles. The van der Waals surface area contributed by atoms with Gasteiger partial charge in [-0.2, -0.15) is 0 Å². The van der Waals surface area contributed by atoms with Crippen molar-refractivity contribution in [3.05, 3.63) is 52.6 Å². The van der Waals surface area contributed by atoms with Gasteiger partial charge in [-0.25, -0.2) is 4.79 Å². The predicted octanol–water partition coefficient (Wildman–Crippen LogP) is 3.38. The summed E-state index contributed by atoms with van der Waals surface area (Å²) in [6.45, 7) is 1.74. The maximum atomic E-state index is 10.3. The van der Waals surface area contributed by atoms with E-state index in [1.54, 1.807) is 25.1 Å². The minimum absolute atomic E-state index is 0.685. The fourth-order valence-corrected chi connectivity index (χ4v) is 1.17. The molecule has 0 bridgehead atoms. The Labute approximate surface area is 93.5 Å². The first-order valence-corrected chi connectivity index (χ1v) is 4.80. The quantitative estimate of drug-likeness (QED) is 0.629. The van der Waals surface area contributed by atoms with Crippen LogP contribution in [0.3, 0.4) is 0 Å². The number of halogens is 1. The van der Waals surface area contributed by atoms with Crippen LogP contribution in [0.5, 0.6) is 0 Å². The maximum absolute atomic E-state index is 10.3. The highest BCUT2D eigenvalue weighted by atomic mass is 35.5. The van der Waals surface area contributed by atoms with Gasteiger partial charge in [0.15, 0.2) is 0 Å². The van der Waals surface area contributed by atoms with Crippen LogP contribution >= 0.6 is 11.6 Å². The summed E-state index contributed by atoms with van der Waals surface area (Å²) in [5.74, 6) is -0.937. The molecule has 1 aromatic rings. The van der Waals surface area contributed by atoms with Gasteiger partial charge < -0.3 is 5.11 Å². The number of benzene rings is 1. The molecule has 3 heteroatoms. The molecule has 0 fully saturated rings. The molecule has 1 N–H and O–H groups in total. The molecular formula is C12H11ClO2. The van der Waals surface area contributed by atoms with E-state index in [1.807, 2.05) is 18.2 Å². The second-order valence-electron chi connectivity index (χ2n) is 3.11. The Morgan fingerprint density at radius 2 is 1.93 bits per heavy atom. The minimum Gasteiger partial charge on any atom is -0.478 e. The number of carboxylic acids is 1. The molecule has 1 rings (SSSR count). The largest absolute Gasteiger partial charge is 0.478 e. The molecule has 0 amide bonds. The zero-order valence-electron chi connectivity index (χ0n) is 8.27. The van der Waals surface area contributed by atoms with Crippen molar-refractivity contribution in [1.82, 2.24) is 0 Å². The van der Waals surface area contributed by atoms with Crippen molar-refractivity contribution in [3.8, 4) is 0 Å². The van der Waals surface area contributed by atoms with Crippen molar-refractivity contribution in [2.45, 2.75) is 6.92 Å². The van der Waals surface area contributed by atoms with E-state index < -0.39 is 5.97 Å². The van der Waals surface area contributed by atoms with Crippen LogP contribution in [-0.2, 0) is 4.79 Å². The lowest BCUT2D eigenvalue weighted by Gasteiger charge is -1.93. The Hall–Kier alpha value is -1.54. The van der Waals surface area contributed by atoms with Crippen LogP contribution in [0, 0.1) is 0 Å². The number of carbonyl (C=O) groups is 1. The molecule has 0 atom stereocenters. The SMILES string of the molecule is CC(C=Cc1ccc(Cl)cc1)=CC(=O)O. The molecule has 0 spiro atoms. The lowest BCUT2D eigenvalue weighted by atomic mass is 10.1. The summed E-state index contributed by atoms with van der Waals surface area (Å²) in [6.07, 6.45) is 4.74. The number of aliphatic carboxylic acids is 1. The van der Waals surface area contributed by atoms with E-state index in [9.17, 15) is 4.79 Å². The third-order valence-corrected chi connectivity index (χ3v) is 2.01. The zero-order chi connectivity index (χ0) is 11.3. The average molecular weight is 223 g/mol. The van der Waals surface area contributed by atoms with Gasteiger partial charge in [0.05, 0.1) is 0 Å². The van der Waals surface area contributed by atoms with E-state index in [-0.39, 0.29) is 0 Å². The van der Waals surface area contributed by atoms with E-state index >= 15 is 0 Å². The summed E-state index contributed by atoms with van der Waals surface area (Å²) >= 11 is 5.73. The first kappa shape index (κ1) is 11.5. The third-order valence-electron chi connectivity index (χ3n) is 1.76. The standard InChI is InChI=1S/C12H11ClO2/c1-9(8-12(14)15)2-3-10-4-6-11(13)7-5-10/h2-8H,1H3,(H,14,15). The van der Waals surface area contributed by atoms with Crippen LogP contribution in [0.4, 0.5) is 0 Å². The van der Waals surface area contributed by atoms with Gasteiger partial charge in [0.2, 0.25) is 0 Å². The fraction of sp³-hybridized carbons (Fsp3) is 0.0833. The lowest BCUT2D eigenvalue weighted by Crippen LogP contribution is -1.87. The maximum Gasteiger partial charge on any atom is 0.328 e. The molecule has 1 aromatic carbocycles. The van der Waals surface area contributed by atoms with Gasteiger partial charge in [0, 0.05) is 11.1 Å². The Bertz CT molecular complexity index is 402. The van der Waals surface area contributed by atoms with E-state index in [0.29, 0.717) is 10.6 Å². The van der Waals surface area contributed by atoms with E-state index in [4.69, 9.17) is 16.7 Å². The van der Waals surface area contributed by atoms with Crippen molar-refractivity contribution < 1.29 is 9.90 Å². The smallest absolute Gasteiger partial charge is 0.328 e. The van der Waals surface area contributed by atoms with Crippen molar-refractivity contribution in [2.75, 3.05) is 0 Å². The first-order valence-electron chi connectivity index (χ1n) is 4.43. The van der Waals surface area contributed by atoms with E-state index in [0.717, 1.165) is 11.6 Å². The zero-order valence-corrected chi connectivity index (χ0v) is 9.03. The molecule has 0 saturated carbocycles. The Kier molecular flexibility index (Phi) is 4.13. The summed E-state index contributed by atoms with van der Waals surface area (Å²) in [5, 5.41) is 9.17. The van der Waals surface area contributed by atoms with Crippen LogP contribution < -0.4 is 0 Å². The monoisotopic (exact) mass is 222 g/mol. The summed E-state index contributed by atoms with van der Waals surface area (Å²) < 4.78 is 0. The van der Waals surface area contributed by atoms with Crippen LogP contribution in [-0.4, -0.2) is 11.1 Å². The summed E-state index contributed by atoms with van der Waals surface area (Å²) in [7, 11) is 0. The van der Waals surface area contributed by atoms with Crippen LogP contribution in [0.15, 0.2) is 42.0 Å². The van der Waals surface area contributed by atoms with E-state index in [1.165, 1.54) is 0 Å². The molecule has 0 radical (unpaired) electrons. The molecule has 0 aliphatic heterocycles. The highest BCUT2D eigenvalue weighted by Crippen LogP contribution is 2.11. The number of hydrogen-bond acceptors (Lipinski definition) is 1. The lowest BCUT2D eigenvalue weighted by molar-refractivity contribution is -0.131. The fourth-order valence-electron chi connectivity index (χ4n) is 1.04.